The SMILES string of the molecule is CC(=O)O[C@]1(C(C)=O)CC[C@H]2[C@@H]3CC(=CO)C4=CC(=O)CC[C@]4(C)[C@H]3CC[C@@]21C. The van der Waals surface area contributed by atoms with Crippen molar-refractivity contribution in [3.63, 3.8) is 0 Å². The van der Waals surface area contributed by atoms with Gasteiger partial charge in [-0.2, -0.15) is 0 Å². The maximum atomic E-state index is 12.8. The van der Waals surface area contributed by atoms with Gasteiger partial charge in [-0.25, -0.2) is 0 Å². The zero-order chi connectivity index (χ0) is 21.2. The maximum absolute atomic E-state index is 12.8. The Morgan fingerprint density at radius 2 is 1.83 bits per heavy atom. The molecule has 4 aliphatic rings. The standard InChI is InChI=1S/C24H32O5/c1-14(26)24(29-15(2)27)10-7-20-18-11-16(13-25)21-12-17(28)5-8-22(21,3)19(18)6-9-23(20,24)4/h12-13,18-20,25H,5-11H2,1-4H3/t18-,19+,20+,22-,23+,24+/m1/s1. The van der Waals surface area contributed by atoms with E-state index in [2.05, 4.69) is 13.8 Å². The number of rotatable bonds is 2. The average molecular weight is 401 g/mol. The van der Waals surface area contributed by atoms with E-state index >= 15 is 0 Å². The van der Waals surface area contributed by atoms with Crippen molar-refractivity contribution in [2.24, 2.45) is 28.6 Å². The minimum Gasteiger partial charge on any atom is -0.515 e. The van der Waals surface area contributed by atoms with Crippen LogP contribution in [0.2, 0.25) is 0 Å². The zero-order valence-corrected chi connectivity index (χ0v) is 17.9. The molecule has 0 aromatic rings. The van der Waals surface area contributed by atoms with Crippen LogP contribution in [0.3, 0.4) is 0 Å². The highest BCUT2D eigenvalue weighted by molar-refractivity contribution is 5.92. The Kier molecular flexibility index (Phi) is 4.60. The lowest BCUT2D eigenvalue weighted by atomic mass is 9.45. The molecule has 0 aliphatic heterocycles. The van der Waals surface area contributed by atoms with Crippen LogP contribution < -0.4 is 0 Å². The molecule has 0 bridgehead atoms. The Balaban J connectivity index is 1.77. The van der Waals surface area contributed by atoms with Crippen LogP contribution in [0.5, 0.6) is 0 Å². The highest BCUT2D eigenvalue weighted by atomic mass is 16.6. The Morgan fingerprint density at radius 3 is 2.45 bits per heavy atom. The van der Waals surface area contributed by atoms with Gasteiger partial charge in [-0.15, -0.1) is 0 Å². The molecule has 0 amide bonds. The third-order valence-electron chi connectivity index (χ3n) is 9.03. The Hall–Kier alpha value is -1.91. The first-order chi connectivity index (χ1) is 13.6. The van der Waals surface area contributed by atoms with Crippen LogP contribution in [-0.2, 0) is 19.1 Å². The van der Waals surface area contributed by atoms with E-state index in [1.54, 1.807) is 13.0 Å². The molecule has 158 valence electrons. The van der Waals surface area contributed by atoms with Gasteiger partial charge in [0.1, 0.15) is 0 Å². The van der Waals surface area contributed by atoms with Crippen molar-refractivity contribution in [2.45, 2.75) is 78.2 Å². The van der Waals surface area contributed by atoms with Crippen LogP contribution in [-0.4, -0.2) is 28.2 Å². The minimum absolute atomic E-state index is 0.0556. The monoisotopic (exact) mass is 400 g/mol. The number of esters is 1. The number of hydrogen-bond acceptors (Lipinski definition) is 5. The van der Waals surface area contributed by atoms with Gasteiger partial charge in [-0.3, -0.25) is 14.4 Å². The van der Waals surface area contributed by atoms with Gasteiger partial charge in [0.25, 0.3) is 0 Å². The van der Waals surface area contributed by atoms with Crippen LogP contribution in [0, 0.1) is 28.6 Å². The molecule has 0 spiro atoms. The first-order valence-corrected chi connectivity index (χ1v) is 10.9. The predicted octanol–water partition coefficient (Wildman–Crippen LogP) is 4.46. The predicted molar refractivity (Wildman–Crippen MR) is 108 cm³/mol. The second-order valence-corrected chi connectivity index (χ2v) is 10.1. The van der Waals surface area contributed by atoms with Gasteiger partial charge in [0.05, 0.1) is 6.26 Å². The summed E-state index contributed by atoms with van der Waals surface area (Å²) in [7, 11) is 0. The summed E-state index contributed by atoms with van der Waals surface area (Å²) in [6.07, 6.45) is 8.20. The normalized spacial score (nSPS) is 45.1. The van der Waals surface area contributed by atoms with Crippen LogP contribution >= 0.6 is 0 Å². The van der Waals surface area contributed by atoms with Gasteiger partial charge < -0.3 is 9.84 Å². The number of allylic oxidation sites excluding steroid dienone is 2. The third-order valence-corrected chi connectivity index (χ3v) is 9.03. The van der Waals surface area contributed by atoms with E-state index in [9.17, 15) is 19.5 Å². The van der Waals surface area contributed by atoms with Crippen molar-refractivity contribution in [2.75, 3.05) is 0 Å². The first kappa shape index (κ1) is 20.4. The molecule has 4 rings (SSSR count). The summed E-state index contributed by atoms with van der Waals surface area (Å²) in [5, 5.41) is 10.00. The summed E-state index contributed by atoms with van der Waals surface area (Å²) in [5.41, 5.74) is 0.303. The van der Waals surface area contributed by atoms with Gasteiger partial charge in [0, 0.05) is 18.8 Å². The molecule has 0 aromatic carbocycles. The molecule has 6 atom stereocenters. The number of ether oxygens (including phenoxy) is 1. The van der Waals surface area contributed by atoms with Crippen molar-refractivity contribution in [3.05, 3.63) is 23.5 Å². The highest BCUT2D eigenvalue weighted by Gasteiger charge is 2.68. The van der Waals surface area contributed by atoms with Crippen molar-refractivity contribution in [1.82, 2.24) is 0 Å². The van der Waals surface area contributed by atoms with Gasteiger partial charge in [0.15, 0.2) is 17.2 Å². The number of ketones is 2. The third kappa shape index (κ3) is 2.62. The van der Waals surface area contributed by atoms with E-state index in [-0.39, 0.29) is 22.9 Å². The summed E-state index contributed by atoms with van der Waals surface area (Å²) in [6, 6.07) is 0. The molecule has 0 aromatic heterocycles. The van der Waals surface area contributed by atoms with E-state index in [4.69, 9.17) is 4.74 Å². The largest absolute Gasteiger partial charge is 0.515 e. The second kappa shape index (κ2) is 6.55. The Morgan fingerprint density at radius 1 is 1.14 bits per heavy atom. The molecule has 0 heterocycles. The van der Waals surface area contributed by atoms with Crippen molar-refractivity contribution < 1.29 is 24.2 Å². The molecule has 4 aliphatic carbocycles. The van der Waals surface area contributed by atoms with Crippen LogP contribution in [0.15, 0.2) is 23.5 Å². The van der Waals surface area contributed by atoms with Gasteiger partial charge in [-0.1, -0.05) is 13.8 Å². The summed E-state index contributed by atoms with van der Waals surface area (Å²) >= 11 is 0. The quantitative estimate of drug-likeness (QED) is 0.547. The van der Waals surface area contributed by atoms with Crippen molar-refractivity contribution in [1.29, 1.82) is 0 Å². The molecule has 29 heavy (non-hydrogen) atoms. The first-order valence-electron chi connectivity index (χ1n) is 10.9. The molecule has 1 N–H and O–H groups in total. The smallest absolute Gasteiger partial charge is 0.303 e. The fraction of sp³-hybridized carbons (Fsp3) is 0.708. The molecule has 0 saturated heterocycles. The minimum atomic E-state index is -1.04. The van der Waals surface area contributed by atoms with E-state index in [1.165, 1.54) is 13.2 Å². The average Bonchev–Trinajstić information content (AvgIpc) is 2.95. The van der Waals surface area contributed by atoms with E-state index < -0.39 is 17.0 Å². The van der Waals surface area contributed by atoms with Gasteiger partial charge in [-0.05, 0) is 85.8 Å². The topological polar surface area (TPSA) is 80.7 Å². The Bertz CT molecular complexity index is 838. The molecule has 5 heteroatoms. The molecule has 0 unspecified atom stereocenters. The molecule has 5 nitrogen and oxygen atoms in total. The van der Waals surface area contributed by atoms with Gasteiger partial charge in [0.2, 0.25) is 0 Å². The highest BCUT2D eigenvalue weighted by Crippen LogP contribution is 2.69. The number of hydrogen-bond donors (Lipinski definition) is 1. The number of aliphatic hydroxyl groups is 1. The number of Topliss-reactive ketones (excluding diaryl/α,β-unsaturated/α-hetero) is 1. The fourth-order valence-corrected chi connectivity index (χ4v) is 7.67. The van der Waals surface area contributed by atoms with Crippen molar-refractivity contribution >= 4 is 17.5 Å². The number of fused-ring (bicyclic) bond motifs is 5. The van der Waals surface area contributed by atoms with E-state index in [1.807, 2.05) is 0 Å². The Labute approximate surface area is 172 Å². The number of carbonyl (C=O) groups is 3. The molecular formula is C24H32O5. The maximum Gasteiger partial charge on any atom is 0.303 e. The lowest BCUT2D eigenvalue weighted by Crippen LogP contribution is -2.58. The second-order valence-electron chi connectivity index (χ2n) is 10.1. The lowest BCUT2D eigenvalue weighted by Gasteiger charge is -2.59. The molecule has 0 radical (unpaired) electrons. The van der Waals surface area contributed by atoms with Gasteiger partial charge >= 0.3 is 5.97 Å². The summed E-state index contributed by atoms with van der Waals surface area (Å²) in [4.78, 5) is 36.8. The lowest BCUT2D eigenvalue weighted by molar-refractivity contribution is -0.186. The summed E-state index contributed by atoms with van der Waals surface area (Å²) < 4.78 is 5.80. The number of aliphatic hydroxyl groups excluding tert-OH is 1. The fourth-order valence-electron chi connectivity index (χ4n) is 7.67. The van der Waals surface area contributed by atoms with E-state index in [0.717, 1.165) is 36.8 Å². The number of carbonyl (C=O) groups excluding carboxylic acids is 3. The molecule has 3 saturated carbocycles. The van der Waals surface area contributed by atoms with Crippen LogP contribution in [0.25, 0.3) is 0 Å². The van der Waals surface area contributed by atoms with Crippen LogP contribution in [0.1, 0.15) is 72.6 Å². The summed E-state index contributed by atoms with van der Waals surface area (Å²) in [5.74, 6) is 0.646. The van der Waals surface area contributed by atoms with Crippen molar-refractivity contribution in [3.8, 4) is 0 Å². The zero-order valence-electron chi connectivity index (χ0n) is 17.9. The molecule has 3 fully saturated rings. The molecular weight excluding hydrogens is 368 g/mol. The van der Waals surface area contributed by atoms with Crippen LogP contribution in [0.4, 0.5) is 0 Å². The van der Waals surface area contributed by atoms with E-state index in [0.29, 0.717) is 31.1 Å². The summed E-state index contributed by atoms with van der Waals surface area (Å²) in [6.45, 7) is 7.31.